The number of hydrogen-bond acceptors (Lipinski definition) is 6. The van der Waals surface area contributed by atoms with Gasteiger partial charge < -0.3 is 9.32 Å². The molecule has 0 aliphatic heterocycles. The third kappa shape index (κ3) is 4.08. The van der Waals surface area contributed by atoms with Crippen molar-refractivity contribution in [2.75, 3.05) is 11.9 Å². The number of para-hydroxylation sites is 1. The molecule has 0 aliphatic carbocycles. The van der Waals surface area contributed by atoms with Gasteiger partial charge in [0.15, 0.2) is 5.16 Å². The van der Waals surface area contributed by atoms with Crippen LogP contribution >= 0.6 is 23.1 Å². The van der Waals surface area contributed by atoms with Gasteiger partial charge in [0, 0.05) is 30.2 Å². The summed E-state index contributed by atoms with van der Waals surface area (Å²) in [7, 11) is 1.75. The monoisotopic (exact) mass is 451 g/mol. The van der Waals surface area contributed by atoms with E-state index < -0.39 is 5.25 Å². The highest BCUT2D eigenvalue weighted by molar-refractivity contribution is 8.00. The van der Waals surface area contributed by atoms with Gasteiger partial charge in [-0.3, -0.25) is 14.2 Å². The summed E-state index contributed by atoms with van der Waals surface area (Å²) >= 11 is 2.66. The Kier molecular flexibility index (Phi) is 6.11. The molecule has 4 rings (SSSR count). The average Bonchev–Trinajstić information content (AvgIpc) is 3.45. The molecule has 0 N–H and O–H groups in total. The van der Waals surface area contributed by atoms with Gasteiger partial charge in [-0.05, 0) is 31.2 Å². The van der Waals surface area contributed by atoms with Crippen molar-refractivity contribution in [2.45, 2.75) is 23.9 Å². The van der Waals surface area contributed by atoms with Crippen LogP contribution in [0.3, 0.4) is 0 Å². The molecule has 0 spiro atoms. The zero-order valence-corrected chi connectivity index (χ0v) is 18.8. The van der Waals surface area contributed by atoms with Crippen LogP contribution in [0.5, 0.6) is 0 Å². The number of thioether (sulfide) groups is 1. The van der Waals surface area contributed by atoms with Crippen molar-refractivity contribution >= 4 is 44.9 Å². The van der Waals surface area contributed by atoms with Gasteiger partial charge in [-0.15, -0.1) is 17.9 Å². The Bertz CT molecular complexity index is 1280. The number of carbonyl (C=O) groups is 1. The standard InChI is InChI=1S/C23H21N3O3S2/c1-4-12-26-22(28)19-17(18-11-8-13-29-18)14-30-20(19)24-23(26)31-15(2)21(27)25(3)16-9-6-5-7-10-16/h4-11,13-15H,1,12H2,2-3H3. The number of rotatable bonds is 7. The van der Waals surface area contributed by atoms with Crippen LogP contribution in [0, 0.1) is 0 Å². The van der Waals surface area contributed by atoms with Crippen LogP contribution < -0.4 is 10.5 Å². The number of thiophene rings is 1. The van der Waals surface area contributed by atoms with Gasteiger partial charge in [-0.2, -0.15) is 0 Å². The van der Waals surface area contributed by atoms with E-state index in [4.69, 9.17) is 9.40 Å². The molecule has 0 bridgehead atoms. The number of aromatic nitrogens is 2. The normalized spacial score (nSPS) is 12.1. The Balaban J connectivity index is 1.70. The van der Waals surface area contributed by atoms with Gasteiger partial charge in [-0.25, -0.2) is 4.98 Å². The maximum absolute atomic E-state index is 13.4. The third-order valence-electron chi connectivity index (χ3n) is 4.86. The first kappa shape index (κ1) is 21.1. The predicted octanol–water partition coefficient (Wildman–Crippen LogP) is 5.05. The molecule has 0 saturated heterocycles. The molecule has 0 saturated carbocycles. The van der Waals surface area contributed by atoms with Gasteiger partial charge in [0.1, 0.15) is 10.6 Å². The topological polar surface area (TPSA) is 68.3 Å². The minimum atomic E-state index is -0.435. The molecular formula is C23H21N3O3S2. The van der Waals surface area contributed by atoms with E-state index >= 15 is 0 Å². The van der Waals surface area contributed by atoms with Crippen molar-refractivity contribution in [3.8, 4) is 11.3 Å². The summed E-state index contributed by atoms with van der Waals surface area (Å²) in [6, 6.07) is 13.1. The molecule has 6 nitrogen and oxygen atoms in total. The summed E-state index contributed by atoms with van der Waals surface area (Å²) in [6.07, 6.45) is 3.23. The Morgan fingerprint density at radius 3 is 2.77 bits per heavy atom. The van der Waals surface area contributed by atoms with Gasteiger partial charge in [0.05, 0.1) is 16.9 Å². The summed E-state index contributed by atoms with van der Waals surface area (Å²) in [4.78, 5) is 33.3. The lowest BCUT2D eigenvalue weighted by Crippen LogP contribution is -2.34. The number of nitrogens with zero attached hydrogens (tertiary/aromatic N) is 3. The van der Waals surface area contributed by atoms with Gasteiger partial charge in [-0.1, -0.05) is 36.0 Å². The summed E-state index contributed by atoms with van der Waals surface area (Å²) in [5.41, 5.74) is 1.37. The van der Waals surface area contributed by atoms with Crippen molar-refractivity contribution in [2.24, 2.45) is 0 Å². The SMILES string of the molecule is C=CCn1c(SC(C)C(=O)N(C)c2ccccc2)nc2scc(-c3ccco3)c2c1=O. The van der Waals surface area contributed by atoms with Crippen LogP contribution in [0.25, 0.3) is 21.5 Å². The van der Waals surface area contributed by atoms with Crippen molar-refractivity contribution in [3.05, 3.63) is 77.1 Å². The van der Waals surface area contributed by atoms with Crippen LogP contribution in [0.2, 0.25) is 0 Å². The molecule has 1 unspecified atom stereocenters. The van der Waals surface area contributed by atoms with E-state index in [2.05, 4.69) is 6.58 Å². The molecule has 8 heteroatoms. The molecule has 1 atom stereocenters. The lowest BCUT2D eigenvalue weighted by atomic mass is 10.2. The average molecular weight is 452 g/mol. The van der Waals surface area contributed by atoms with Crippen LogP contribution in [-0.2, 0) is 11.3 Å². The van der Waals surface area contributed by atoms with E-state index in [-0.39, 0.29) is 11.5 Å². The van der Waals surface area contributed by atoms with E-state index in [0.717, 1.165) is 11.3 Å². The molecule has 158 valence electrons. The third-order valence-corrected chi connectivity index (χ3v) is 6.81. The summed E-state index contributed by atoms with van der Waals surface area (Å²) in [5.74, 6) is 0.557. The van der Waals surface area contributed by atoms with Crippen LogP contribution in [0.15, 0.2) is 81.1 Å². The number of fused-ring (bicyclic) bond motifs is 1. The fourth-order valence-electron chi connectivity index (χ4n) is 3.26. The molecule has 3 aromatic heterocycles. The molecule has 0 fully saturated rings. The number of benzene rings is 1. The maximum atomic E-state index is 13.4. The molecule has 0 aliphatic rings. The summed E-state index contributed by atoms with van der Waals surface area (Å²) < 4.78 is 7.05. The fraction of sp³-hybridized carbons (Fsp3) is 0.174. The smallest absolute Gasteiger partial charge is 0.263 e. The molecule has 1 aromatic carbocycles. The number of amides is 1. The molecule has 4 aromatic rings. The summed E-state index contributed by atoms with van der Waals surface area (Å²) in [5, 5.41) is 2.46. The second-order valence-corrected chi connectivity index (χ2v) is 9.06. The van der Waals surface area contributed by atoms with E-state index in [0.29, 0.717) is 27.7 Å². The lowest BCUT2D eigenvalue weighted by Gasteiger charge is -2.21. The molecule has 1 amide bonds. The first-order chi connectivity index (χ1) is 15.0. The van der Waals surface area contributed by atoms with Crippen molar-refractivity contribution in [1.82, 2.24) is 9.55 Å². The number of anilines is 1. The second kappa shape index (κ2) is 8.95. The number of allylic oxidation sites excluding steroid dienone is 1. The van der Waals surface area contributed by atoms with E-state index in [1.807, 2.05) is 48.7 Å². The molecule has 0 radical (unpaired) electrons. The van der Waals surface area contributed by atoms with Gasteiger partial charge in [0.25, 0.3) is 5.56 Å². The van der Waals surface area contributed by atoms with Crippen molar-refractivity contribution < 1.29 is 9.21 Å². The van der Waals surface area contributed by atoms with Crippen LogP contribution in [0.4, 0.5) is 5.69 Å². The number of carbonyl (C=O) groups excluding carboxylic acids is 1. The molecular weight excluding hydrogens is 430 g/mol. The van der Waals surface area contributed by atoms with Crippen LogP contribution in [0.1, 0.15) is 6.92 Å². The maximum Gasteiger partial charge on any atom is 0.263 e. The summed E-state index contributed by atoms with van der Waals surface area (Å²) in [6.45, 7) is 5.89. The van der Waals surface area contributed by atoms with E-state index in [9.17, 15) is 9.59 Å². The van der Waals surface area contributed by atoms with Crippen molar-refractivity contribution in [1.29, 1.82) is 0 Å². The predicted molar refractivity (Wildman–Crippen MR) is 127 cm³/mol. The van der Waals surface area contributed by atoms with Gasteiger partial charge in [0.2, 0.25) is 5.91 Å². The Morgan fingerprint density at radius 1 is 1.32 bits per heavy atom. The molecule has 3 heterocycles. The number of hydrogen-bond donors (Lipinski definition) is 0. The highest BCUT2D eigenvalue weighted by Gasteiger charge is 2.24. The fourth-order valence-corrected chi connectivity index (χ4v) is 5.24. The highest BCUT2D eigenvalue weighted by Crippen LogP contribution is 2.33. The van der Waals surface area contributed by atoms with E-state index in [1.165, 1.54) is 23.1 Å². The Hall–Kier alpha value is -3.10. The Labute approximate surface area is 187 Å². The minimum Gasteiger partial charge on any atom is -0.464 e. The first-order valence-corrected chi connectivity index (χ1v) is 11.4. The van der Waals surface area contributed by atoms with Crippen molar-refractivity contribution in [3.63, 3.8) is 0 Å². The largest absolute Gasteiger partial charge is 0.464 e. The van der Waals surface area contributed by atoms with Crippen LogP contribution in [-0.4, -0.2) is 27.8 Å². The minimum absolute atomic E-state index is 0.0712. The quantitative estimate of drug-likeness (QED) is 0.223. The first-order valence-electron chi connectivity index (χ1n) is 9.67. The Morgan fingerprint density at radius 2 is 2.10 bits per heavy atom. The second-order valence-electron chi connectivity index (χ2n) is 6.90. The van der Waals surface area contributed by atoms with E-state index in [1.54, 1.807) is 34.9 Å². The zero-order chi connectivity index (χ0) is 22.0. The molecule has 31 heavy (non-hydrogen) atoms. The highest BCUT2D eigenvalue weighted by atomic mass is 32.2. The lowest BCUT2D eigenvalue weighted by molar-refractivity contribution is -0.117. The zero-order valence-electron chi connectivity index (χ0n) is 17.1. The van der Waals surface area contributed by atoms with Gasteiger partial charge >= 0.3 is 0 Å². The number of furan rings is 1.